The Morgan fingerprint density at radius 3 is 2.78 bits per heavy atom. The van der Waals surface area contributed by atoms with Crippen molar-refractivity contribution < 1.29 is 0 Å². The molecule has 1 radical (unpaired) electrons. The lowest BCUT2D eigenvalue weighted by atomic mass is 10.0. The van der Waals surface area contributed by atoms with Crippen LogP contribution in [0.4, 0.5) is 0 Å². The summed E-state index contributed by atoms with van der Waals surface area (Å²) >= 11 is 0. The molecule has 0 atom stereocenters. The molecule has 1 aliphatic rings. The topological polar surface area (TPSA) is 26.0 Å². The van der Waals surface area contributed by atoms with Crippen LogP contribution in [0, 0.1) is 6.92 Å². The summed E-state index contributed by atoms with van der Waals surface area (Å²) in [6.07, 6.45) is 8.55. The first-order valence-corrected chi connectivity index (χ1v) is 2.94. The normalized spacial score (nSPS) is 22.3. The Balaban J connectivity index is 2.70. The van der Waals surface area contributed by atoms with E-state index in [2.05, 4.69) is 13.0 Å². The van der Waals surface area contributed by atoms with E-state index in [1.807, 2.05) is 12.2 Å². The summed E-state index contributed by atoms with van der Waals surface area (Å²) in [5, 5.41) is 0. The van der Waals surface area contributed by atoms with Gasteiger partial charge in [0.15, 0.2) is 0 Å². The molecular weight excluding hydrogens is 110 g/mol. The average molecular weight is 120 g/mol. The van der Waals surface area contributed by atoms with E-state index in [0.717, 1.165) is 17.6 Å². The maximum atomic E-state index is 5.29. The highest BCUT2D eigenvalue weighted by Gasteiger charge is 1.94. The lowest BCUT2D eigenvalue weighted by Gasteiger charge is -2.02. The molecule has 47 valence electrons. The molecule has 1 aliphatic carbocycles. The predicted molar refractivity (Wildman–Crippen MR) is 39.5 cm³/mol. The Bertz CT molecular complexity index is 185. The zero-order valence-corrected chi connectivity index (χ0v) is 5.30. The van der Waals surface area contributed by atoms with Gasteiger partial charge in [-0.3, -0.25) is 0 Å². The lowest BCUT2D eigenvalue weighted by Crippen LogP contribution is -1.88. The van der Waals surface area contributed by atoms with Crippen molar-refractivity contribution >= 4 is 0 Å². The van der Waals surface area contributed by atoms with E-state index in [9.17, 15) is 0 Å². The molecule has 0 heterocycles. The Kier molecular flexibility index (Phi) is 1.73. The first kappa shape index (κ1) is 6.14. The number of rotatable bonds is 0. The molecule has 2 N–H and O–H groups in total. The number of hydrogen-bond acceptors (Lipinski definition) is 1. The molecule has 0 unspecified atom stereocenters. The van der Waals surface area contributed by atoms with Crippen molar-refractivity contribution in [3.63, 3.8) is 0 Å². The van der Waals surface area contributed by atoms with E-state index in [-0.39, 0.29) is 0 Å². The first-order valence-electron chi connectivity index (χ1n) is 2.94. The summed E-state index contributed by atoms with van der Waals surface area (Å²) in [4.78, 5) is 0. The van der Waals surface area contributed by atoms with Crippen molar-refractivity contribution in [2.75, 3.05) is 0 Å². The molecular formula is C8H10N. The van der Waals surface area contributed by atoms with Crippen molar-refractivity contribution in [1.82, 2.24) is 0 Å². The van der Waals surface area contributed by atoms with Gasteiger partial charge in [0.1, 0.15) is 0 Å². The van der Waals surface area contributed by atoms with Gasteiger partial charge in [0.2, 0.25) is 0 Å². The van der Waals surface area contributed by atoms with Crippen LogP contribution in [0.3, 0.4) is 0 Å². The van der Waals surface area contributed by atoms with E-state index in [4.69, 9.17) is 5.73 Å². The Morgan fingerprint density at radius 2 is 2.33 bits per heavy atom. The van der Waals surface area contributed by atoms with Crippen LogP contribution in [0.15, 0.2) is 35.6 Å². The number of allylic oxidation sites excluding steroid dienone is 5. The minimum atomic E-state index is 0.922. The third-order valence-corrected chi connectivity index (χ3v) is 1.33. The molecule has 0 spiro atoms. The highest BCUT2D eigenvalue weighted by atomic mass is 14.5. The third-order valence-electron chi connectivity index (χ3n) is 1.33. The summed E-state index contributed by atoms with van der Waals surface area (Å²) in [6.45, 7) is 3.77. The second-order valence-corrected chi connectivity index (χ2v) is 2.06. The molecule has 0 saturated carbocycles. The standard InChI is InChI=1S/C8H10N/c1-7-2-4-8(6-9)5-3-7/h2-4,6H,1,5,9H2. The quantitative estimate of drug-likeness (QED) is 0.515. The molecule has 0 saturated heterocycles. The fraction of sp³-hybridized carbons (Fsp3) is 0.125. The molecule has 0 fully saturated rings. The van der Waals surface area contributed by atoms with E-state index in [1.165, 1.54) is 0 Å². The van der Waals surface area contributed by atoms with Crippen molar-refractivity contribution in [2.24, 2.45) is 5.73 Å². The molecule has 1 heteroatoms. The lowest BCUT2D eigenvalue weighted by molar-refractivity contribution is 1.22. The van der Waals surface area contributed by atoms with Crippen LogP contribution >= 0.6 is 0 Å². The summed E-state index contributed by atoms with van der Waals surface area (Å²) < 4.78 is 0. The molecule has 9 heavy (non-hydrogen) atoms. The summed E-state index contributed by atoms with van der Waals surface area (Å²) in [5.41, 5.74) is 7.51. The average Bonchev–Trinajstić information content (AvgIpc) is 1.90. The van der Waals surface area contributed by atoms with Gasteiger partial charge in [-0.1, -0.05) is 23.8 Å². The first-order chi connectivity index (χ1) is 4.33. The molecule has 0 bridgehead atoms. The van der Waals surface area contributed by atoms with Crippen molar-refractivity contribution in [3.8, 4) is 0 Å². The van der Waals surface area contributed by atoms with Crippen LogP contribution in [0.25, 0.3) is 0 Å². The molecule has 1 nitrogen and oxygen atoms in total. The van der Waals surface area contributed by atoms with E-state index in [0.29, 0.717) is 0 Å². The minimum Gasteiger partial charge on any atom is -0.404 e. The van der Waals surface area contributed by atoms with Crippen LogP contribution in [-0.4, -0.2) is 0 Å². The second-order valence-electron chi connectivity index (χ2n) is 2.06. The molecule has 0 aromatic carbocycles. The molecule has 0 aromatic rings. The highest BCUT2D eigenvalue weighted by molar-refractivity contribution is 5.36. The predicted octanol–water partition coefficient (Wildman–Crippen LogP) is 1.55. The maximum Gasteiger partial charge on any atom is -0.00265 e. The second kappa shape index (κ2) is 2.53. The van der Waals surface area contributed by atoms with Crippen LogP contribution in [0.5, 0.6) is 0 Å². The van der Waals surface area contributed by atoms with Gasteiger partial charge < -0.3 is 5.73 Å². The minimum absolute atomic E-state index is 0.922. The van der Waals surface area contributed by atoms with Gasteiger partial charge in [-0.25, -0.2) is 0 Å². The fourth-order valence-corrected chi connectivity index (χ4v) is 0.723. The Morgan fingerprint density at radius 1 is 1.56 bits per heavy atom. The van der Waals surface area contributed by atoms with Crippen LogP contribution in [0.1, 0.15) is 6.42 Å². The van der Waals surface area contributed by atoms with E-state index < -0.39 is 0 Å². The Hall–Kier alpha value is -0.980. The molecule has 0 amide bonds. The van der Waals surface area contributed by atoms with E-state index in [1.54, 1.807) is 6.20 Å². The highest BCUT2D eigenvalue weighted by Crippen LogP contribution is 2.12. The van der Waals surface area contributed by atoms with Crippen LogP contribution < -0.4 is 5.73 Å². The summed E-state index contributed by atoms with van der Waals surface area (Å²) in [5.74, 6) is 0. The van der Waals surface area contributed by atoms with Gasteiger partial charge in [-0.05, 0) is 25.1 Å². The van der Waals surface area contributed by atoms with Crippen molar-refractivity contribution in [3.05, 3.63) is 42.5 Å². The number of hydrogen-bond donors (Lipinski definition) is 1. The zero-order chi connectivity index (χ0) is 6.69. The Labute approximate surface area is 55.6 Å². The largest absolute Gasteiger partial charge is 0.404 e. The van der Waals surface area contributed by atoms with Gasteiger partial charge >= 0.3 is 0 Å². The fourth-order valence-electron chi connectivity index (χ4n) is 0.723. The van der Waals surface area contributed by atoms with Gasteiger partial charge in [0.05, 0.1) is 0 Å². The van der Waals surface area contributed by atoms with Crippen molar-refractivity contribution in [1.29, 1.82) is 0 Å². The number of nitrogens with two attached hydrogens (primary N) is 1. The van der Waals surface area contributed by atoms with Gasteiger partial charge in [-0.2, -0.15) is 0 Å². The SMILES string of the molecule is [CH2]C1=CCC(=CN)C=C1. The van der Waals surface area contributed by atoms with Crippen molar-refractivity contribution in [2.45, 2.75) is 6.42 Å². The molecule has 0 aliphatic heterocycles. The van der Waals surface area contributed by atoms with Gasteiger partial charge in [-0.15, -0.1) is 0 Å². The van der Waals surface area contributed by atoms with E-state index >= 15 is 0 Å². The van der Waals surface area contributed by atoms with Gasteiger partial charge in [0, 0.05) is 0 Å². The summed E-state index contributed by atoms with van der Waals surface area (Å²) in [6, 6.07) is 0. The van der Waals surface area contributed by atoms with Gasteiger partial charge in [0.25, 0.3) is 0 Å². The summed E-state index contributed by atoms with van der Waals surface area (Å²) in [7, 11) is 0. The van der Waals surface area contributed by atoms with Crippen LogP contribution in [-0.2, 0) is 0 Å². The van der Waals surface area contributed by atoms with Crippen LogP contribution in [0.2, 0.25) is 0 Å². The molecule has 0 aromatic heterocycles. The monoisotopic (exact) mass is 120 g/mol. The molecule has 1 rings (SSSR count). The third kappa shape index (κ3) is 1.46. The zero-order valence-electron chi connectivity index (χ0n) is 5.30. The maximum absolute atomic E-state index is 5.29. The smallest absolute Gasteiger partial charge is 0.00265 e.